The van der Waals surface area contributed by atoms with E-state index in [2.05, 4.69) is 26.6 Å². The predicted molar refractivity (Wildman–Crippen MR) is 105 cm³/mol. The molecule has 1 saturated heterocycles. The van der Waals surface area contributed by atoms with Gasteiger partial charge in [-0.2, -0.15) is 0 Å². The van der Waals surface area contributed by atoms with Crippen molar-refractivity contribution in [2.24, 2.45) is 5.92 Å². The lowest BCUT2D eigenvalue weighted by Crippen LogP contribution is -2.52. The van der Waals surface area contributed by atoms with Gasteiger partial charge in [0.2, 0.25) is 11.8 Å². The second-order valence-corrected chi connectivity index (χ2v) is 7.32. The summed E-state index contributed by atoms with van der Waals surface area (Å²) >= 11 is 1.65. The lowest BCUT2D eigenvalue weighted by atomic mass is 10.00. The van der Waals surface area contributed by atoms with Crippen LogP contribution in [0.25, 0.3) is 10.2 Å². The highest BCUT2D eigenvalue weighted by Gasteiger charge is 2.34. The normalized spacial score (nSPS) is 14.1. The molecule has 1 aliphatic heterocycles. The number of anilines is 3. The summed E-state index contributed by atoms with van der Waals surface area (Å²) < 4.78 is 1.16. The zero-order valence-corrected chi connectivity index (χ0v) is 15.0. The fourth-order valence-corrected chi connectivity index (χ4v) is 3.86. The molecule has 132 valence electrons. The van der Waals surface area contributed by atoms with Crippen LogP contribution >= 0.6 is 11.3 Å². The number of para-hydroxylation sites is 1. The van der Waals surface area contributed by atoms with Crippen molar-refractivity contribution in [2.45, 2.75) is 6.92 Å². The molecule has 2 N–H and O–H groups in total. The SMILES string of the molecule is CC(=O)Nc1ccc(NC(=O)C2CN(c3nc4ccccc4s3)C2)cc1. The molecule has 0 atom stereocenters. The summed E-state index contributed by atoms with van der Waals surface area (Å²) in [7, 11) is 0. The van der Waals surface area contributed by atoms with Gasteiger partial charge in [0.05, 0.1) is 16.1 Å². The maximum Gasteiger partial charge on any atom is 0.231 e. The molecule has 1 fully saturated rings. The van der Waals surface area contributed by atoms with Gasteiger partial charge in [0.25, 0.3) is 0 Å². The first-order valence-corrected chi connectivity index (χ1v) is 9.19. The molecular weight excluding hydrogens is 348 g/mol. The fourth-order valence-electron chi connectivity index (χ4n) is 2.88. The number of aromatic nitrogens is 1. The first-order valence-electron chi connectivity index (χ1n) is 8.37. The van der Waals surface area contributed by atoms with Gasteiger partial charge in [-0.25, -0.2) is 4.98 Å². The molecule has 2 aromatic carbocycles. The Morgan fingerprint density at radius 3 is 2.35 bits per heavy atom. The summed E-state index contributed by atoms with van der Waals surface area (Å²) in [5.41, 5.74) is 2.43. The van der Waals surface area contributed by atoms with Crippen LogP contribution in [0.2, 0.25) is 0 Å². The van der Waals surface area contributed by atoms with Crippen LogP contribution in [0.5, 0.6) is 0 Å². The van der Waals surface area contributed by atoms with Crippen LogP contribution in [-0.4, -0.2) is 29.9 Å². The van der Waals surface area contributed by atoms with Crippen LogP contribution in [0, 0.1) is 5.92 Å². The van der Waals surface area contributed by atoms with Crippen LogP contribution < -0.4 is 15.5 Å². The fraction of sp³-hybridized carbons (Fsp3) is 0.211. The summed E-state index contributed by atoms with van der Waals surface area (Å²) in [6, 6.07) is 15.2. The van der Waals surface area contributed by atoms with Crippen molar-refractivity contribution >= 4 is 49.9 Å². The van der Waals surface area contributed by atoms with E-state index in [0.717, 1.165) is 21.0 Å². The number of nitrogens with zero attached hydrogens (tertiary/aromatic N) is 2. The average molecular weight is 366 g/mol. The molecule has 2 heterocycles. The van der Waals surface area contributed by atoms with Gasteiger partial charge >= 0.3 is 0 Å². The topological polar surface area (TPSA) is 74.3 Å². The van der Waals surface area contributed by atoms with Crippen LogP contribution in [-0.2, 0) is 9.59 Å². The molecule has 26 heavy (non-hydrogen) atoms. The molecular formula is C19H18N4O2S. The quantitative estimate of drug-likeness (QED) is 0.743. The van der Waals surface area contributed by atoms with Crippen molar-refractivity contribution in [3.05, 3.63) is 48.5 Å². The van der Waals surface area contributed by atoms with Crippen molar-refractivity contribution in [2.75, 3.05) is 28.6 Å². The maximum absolute atomic E-state index is 12.4. The second-order valence-electron chi connectivity index (χ2n) is 6.31. The average Bonchev–Trinajstić information content (AvgIpc) is 2.98. The number of amides is 2. The van der Waals surface area contributed by atoms with E-state index in [9.17, 15) is 9.59 Å². The molecule has 6 nitrogen and oxygen atoms in total. The number of hydrogen-bond acceptors (Lipinski definition) is 5. The maximum atomic E-state index is 12.4. The van der Waals surface area contributed by atoms with Crippen LogP contribution in [0.3, 0.4) is 0 Å². The van der Waals surface area contributed by atoms with Gasteiger partial charge in [-0.15, -0.1) is 0 Å². The standard InChI is InChI=1S/C19H18N4O2S/c1-12(24)20-14-6-8-15(9-7-14)21-18(25)13-10-23(11-13)19-22-16-4-2-3-5-17(16)26-19/h2-9,13H,10-11H2,1H3,(H,20,24)(H,21,25). The highest BCUT2D eigenvalue weighted by atomic mass is 32.1. The minimum atomic E-state index is -0.119. The van der Waals surface area contributed by atoms with E-state index in [1.807, 2.05) is 18.2 Å². The Labute approximate surface area is 154 Å². The number of carbonyl (C=O) groups is 2. The summed E-state index contributed by atoms with van der Waals surface area (Å²) in [4.78, 5) is 30.2. The number of nitrogens with one attached hydrogen (secondary N) is 2. The Hall–Kier alpha value is -2.93. The first-order chi connectivity index (χ1) is 12.6. The van der Waals surface area contributed by atoms with E-state index >= 15 is 0 Å². The lowest BCUT2D eigenvalue weighted by molar-refractivity contribution is -0.120. The van der Waals surface area contributed by atoms with E-state index in [1.165, 1.54) is 6.92 Å². The zero-order chi connectivity index (χ0) is 18.1. The molecule has 3 aromatic rings. The molecule has 0 aliphatic carbocycles. The minimum absolute atomic E-state index is 0.00892. The molecule has 0 saturated carbocycles. The molecule has 1 aromatic heterocycles. The number of fused-ring (bicyclic) bond motifs is 1. The number of carbonyl (C=O) groups excluding carboxylic acids is 2. The van der Waals surface area contributed by atoms with E-state index in [-0.39, 0.29) is 17.7 Å². The minimum Gasteiger partial charge on any atom is -0.346 e. The first kappa shape index (κ1) is 16.5. The van der Waals surface area contributed by atoms with Gasteiger partial charge in [-0.3, -0.25) is 9.59 Å². The van der Waals surface area contributed by atoms with Gasteiger partial charge < -0.3 is 15.5 Å². The van der Waals surface area contributed by atoms with E-state index < -0.39 is 0 Å². The molecule has 7 heteroatoms. The smallest absolute Gasteiger partial charge is 0.231 e. The summed E-state index contributed by atoms with van der Waals surface area (Å²) in [5.74, 6) is -0.155. The number of hydrogen-bond donors (Lipinski definition) is 2. The lowest BCUT2D eigenvalue weighted by Gasteiger charge is -2.37. The predicted octanol–water partition coefficient (Wildman–Crippen LogP) is 3.33. The van der Waals surface area contributed by atoms with Crippen molar-refractivity contribution in [3.63, 3.8) is 0 Å². The summed E-state index contributed by atoms with van der Waals surface area (Å²) in [6.45, 7) is 2.81. The highest BCUT2D eigenvalue weighted by molar-refractivity contribution is 7.22. The monoisotopic (exact) mass is 366 g/mol. The molecule has 0 bridgehead atoms. The number of thiazole rings is 1. The second kappa shape index (κ2) is 6.76. The van der Waals surface area contributed by atoms with Gasteiger partial charge in [0.15, 0.2) is 5.13 Å². The van der Waals surface area contributed by atoms with Crippen LogP contribution in [0.1, 0.15) is 6.92 Å². The van der Waals surface area contributed by atoms with Gasteiger partial charge in [-0.1, -0.05) is 23.5 Å². The third kappa shape index (κ3) is 3.39. The van der Waals surface area contributed by atoms with Crippen molar-refractivity contribution in [1.29, 1.82) is 0 Å². The van der Waals surface area contributed by atoms with Crippen LogP contribution in [0.15, 0.2) is 48.5 Å². The van der Waals surface area contributed by atoms with Crippen molar-refractivity contribution in [3.8, 4) is 0 Å². The van der Waals surface area contributed by atoms with Gasteiger partial charge in [0, 0.05) is 31.4 Å². The Balaban J connectivity index is 1.33. The Morgan fingerprint density at radius 2 is 1.69 bits per heavy atom. The highest BCUT2D eigenvalue weighted by Crippen LogP contribution is 2.33. The van der Waals surface area contributed by atoms with E-state index in [0.29, 0.717) is 18.8 Å². The van der Waals surface area contributed by atoms with Gasteiger partial charge in [0.1, 0.15) is 0 Å². The zero-order valence-electron chi connectivity index (χ0n) is 14.2. The molecule has 1 aliphatic rings. The third-order valence-corrected chi connectivity index (χ3v) is 5.38. The molecule has 4 rings (SSSR count). The Kier molecular flexibility index (Phi) is 4.30. The van der Waals surface area contributed by atoms with Crippen LogP contribution in [0.4, 0.5) is 16.5 Å². The summed E-state index contributed by atoms with van der Waals surface area (Å²) in [6.07, 6.45) is 0. The van der Waals surface area contributed by atoms with E-state index in [4.69, 9.17) is 0 Å². The number of benzene rings is 2. The Bertz CT molecular complexity index is 928. The van der Waals surface area contributed by atoms with Crippen molar-refractivity contribution < 1.29 is 9.59 Å². The summed E-state index contributed by atoms with van der Waals surface area (Å²) in [5, 5.41) is 6.60. The van der Waals surface area contributed by atoms with Crippen molar-refractivity contribution in [1.82, 2.24) is 4.98 Å². The third-order valence-electron chi connectivity index (χ3n) is 4.28. The Morgan fingerprint density at radius 1 is 1.04 bits per heavy atom. The molecule has 0 unspecified atom stereocenters. The van der Waals surface area contributed by atoms with Gasteiger partial charge in [-0.05, 0) is 36.4 Å². The van der Waals surface area contributed by atoms with E-state index in [1.54, 1.807) is 35.6 Å². The molecule has 0 spiro atoms. The molecule has 2 amide bonds. The molecule has 0 radical (unpaired) electrons. The largest absolute Gasteiger partial charge is 0.346 e. The number of rotatable bonds is 4.